The molecule has 184 valence electrons. The number of benzene rings is 4. The molecule has 0 atom stereocenters. The van der Waals surface area contributed by atoms with E-state index in [4.69, 9.17) is 9.47 Å². The number of hydrogen-bond acceptors (Lipinski definition) is 3. The third-order valence-corrected chi connectivity index (χ3v) is 6.23. The van der Waals surface area contributed by atoms with Gasteiger partial charge >= 0.3 is 6.16 Å². The van der Waals surface area contributed by atoms with Crippen LogP contribution < -0.4 is 9.47 Å². The predicted octanol–water partition coefficient (Wildman–Crippen LogP) is 9.19. The molecule has 36 heavy (non-hydrogen) atoms. The molecule has 0 spiro atoms. The molecular formula is C33H34O3. The van der Waals surface area contributed by atoms with Crippen LogP contribution in [-0.4, -0.2) is 6.16 Å². The molecule has 0 radical (unpaired) electrons. The van der Waals surface area contributed by atoms with Gasteiger partial charge in [-0.25, -0.2) is 4.79 Å². The number of rotatable bonds is 4. The number of carbonyl (C=O) groups excluding carboxylic acids is 1. The molecule has 0 bridgehead atoms. The smallest absolute Gasteiger partial charge is 0.395 e. The maximum atomic E-state index is 12.4. The molecule has 0 saturated heterocycles. The molecule has 0 aliphatic rings. The first-order valence-corrected chi connectivity index (χ1v) is 12.3. The van der Waals surface area contributed by atoms with Gasteiger partial charge in [0.05, 0.1) is 0 Å². The summed E-state index contributed by atoms with van der Waals surface area (Å²) in [6.45, 7) is 13.2. The van der Waals surface area contributed by atoms with E-state index in [9.17, 15) is 4.79 Å². The van der Waals surface area contributed by atoms with E-state index in [0.717, 1.165) is 22.3 Å². The lowest BCUT2D eigenvalue weighted by Gasteiger charge is -2.20. The van der Waals surface area contributed by atoms with Gasteiger partial charge in [0, 0.05) is 0 Å². The Morgan fingerprint density at radius 1 is 0.500 bits per heavy atom. The van der Waals surface area contributed by atoms with Crippen molar-refractivity contribution in [2.24, 2.45) is 0 Å². The van der Waals surface area contributed by atoms with Gasteiger partial charge in [-0.2, -0.15) is 0 Å². The zero-order chi connectivity index (χ0) is 25.9. The topological polar surface area (TPSA) is 35.5 Å². The zero-order valence-corrected chi connectivity index (χ0v) is 22.0. The fourth-order valence-corrected chi connectivity index (χ4v) is 3.97. The Labute approximate surface area is 214 Å². The molecule has 0 saturated carbocycles. The van der Waals surface area contributed by atoms with Gasteiger partial charge in [-0.15, -0.1) is 0 Å². The minimum atomic E-state index is -0.764. The van der Waals surface area contributed by atoms with E-state index in [-0.39, 0.29) is 10.8 Å². The van der Waals surface area contributed by atoms with Gasteiger partial charge in [0.2, 0.25) is 0 Å². The number of ether oxygens (including phenoxy) is 2. The zero-order valence-electron chi connectivity index (χ0n) is 22.0. The van der Waals surface area contributed by atoms with E-state index in [2.05, 4.69) is 90.1 Å². The normalized spacial score (nSPS) is 11.7. The van der Waals surface area contributed by atoms with Gasteiger partial charge in [-0.05, 0) is 68.5 Å². The fourth-order valence-electron chi connectivity index (χ4n) is 3.97. The minimum absolute atomic E-state index is 0.0808. The SMILES string of the molecule is CC(C)(C)c1cccc(-c2ccc(OC(=O)Oc3ccc(-c4cccc(C(C)(C)C)c4)cc3)cc2)c1. The predicted molar refractivity (Wildman–Crippen MR) is 148 cm³/mol. The molecule has 0 fully saturated rings. The summed E-state index contributed by atoms with van der Waals surface area (Å²) in [5.74, 6) is 0.873. The second-order valence-corrected chi connectivity index (χ2v) is 11.2. The van der Waals surface area contributed by atoms with Crippen LogP contribution in [0.15, 0.2) is 97.1 Å². The summed E-state index contributed by atoms with van der Waals surface area (Å²) >= 11 is 0. The third-order valence-electron chi connectivity index (χ3n) is 6.23. The lowest BCUT2D eigenvalue weighted by atomic mass is 9.85. The second-order valence-electron chi connectivity index (χ2n) is 11.2. The molecular weight excluding hydrogens is 444 g/mol. The molecule has 0 unspecified atom stereocenters. The van der Waals surface area contributed by atoms with Crippen molar-refractivity contribution in [1.82, 2.24) is 0 Å². The summed E-state index contributed by atoms with van der Waals surface area (Å²) in [4.78, 5) is 12.4. The Morgan fingerprint density at radius 3 is 1.19 bits per heavy atom. The quantitative estimate of drug-likeness (QED) is 0.217. The average Bonchev–Trinajstić information content (AvgIpc) is 2.84. The van der Waals surface area contributed by atoms with Crippen LogP contribution in [0.2, 0.25) is 0 Å². The fraction of sp³-hybridized carbons (Fsp3) is 0.242. The van der Waals surface area contributed by atoms with E-state index in [1.54, 1.807) is 24.3 Å². The van der Waals surface area contributed by atoms with Crippen LogP contribution in [0.5, 0.6) is 11.5 Å². The molecule has 0 aliphatic heterocycles. The highest BCUT2D eigenvalue weighted by molar-refractivity contribution is 5.70. The highest BCUT2D eigenvalue weighted by atomic mass is 16.7. The van der Waals surface area contributed by atoms with Crippen molar-refractivity contribution in [2.75, 3.05) is 0 Å². The molecule has 4 aromatic carbocycles. The highest BCUT2D eigenvalue weighted by Gasteiger charge is 2.15. The van der Waals surface area contributed by atoms with Crippen molar-refractivity contribution < 1.29 is 14.3 Å². The Hall–Kier alpha value is -3.85. The van der Waals surface area contributed by atoms with Gasteiger partial charge in [0.1, 0.15) is 11.5 Å². The van der Waals surface area contributed by atoms with Gasteiger partial charge in [-0.3, -0.25) is 0 Å². The largest absolute Gasteiger partial charge is 0.519 e. The van der Waals surface area contributed by atoms with Crippen LogP contribution in [0.25, 0.3) is 22.3 Å². The van der Waals surface area contributed by atoms with Crippen molar-refractivity contribution in [3.8, 4) is 33.8 Å². The van der Waals surface area contributed by atoms with Crippen molar-refractivity contribution in [1.29, 1.82) is 0 Å². The first-order valence-electron chi connectivity index (χ1n) is 12.3. The Bertz CT molecular complexity index is 1230. The van der Waals surface area contributed by atoms with Crippen LogP contribution in [0.3, 0.4) is 0 Å². The van der Waals surface area contributed by atoms with Crippen molar-refractivity contribution in [2.45, 2.75) is 52.4 Å². The molecule has 3 nitrogen and oxygen atoms in total. The molecule has 4 rings (SSSR count). The van der Waals surface area contributed by atoms with Crippen molar-refractivity contribution in [3.05, 3.63) is 108 Å². The van der Waals surface area contributed by atoms with Gasteiger partial charge in [-0.1, -0.05) is 114 Å². The van der Waals surface area contributed by atoms with Gasteiger partial charge in [0.15, 0.2) is 0 Å². The lowest BCUT2D eigenvalue weighted by molar-refractivity contribution is 0.152. The van der Waals surface area contributed by atoms with Crippen LogP contribution >= 0.6 is 0 Å². The van der Waals surface area contributed by atoms with Crippen molar-refractivity contribution >= 4 is 6.16 Å². The molecule has 0 amide bonds. The summed E-state index contributed by atoms with van der Waals surface area (Å²) in [6.07, 6.45) is -0.764. The maximum absolute atomic E-state index is 12.4. The average molecular weight is 479 g/mol. The summed E-state index contributed by atoms with van der Waals surface area (Å²) in [5, 5.41) is 0. The van der Waals surface area contributed by atoms with Crippen molar-refractivity contribution in [3.63, 3.8) is 0 Å². The van der Waals surface area contributed by atoms with E-state index in [0.29, 0.717) is 11.5 Å². The van der Waals surface area contributed by atoms with E-state index in [1.807, 2.05) is 24.3 Å². The van der Waals surface area contributed by atoms with Crippen LogP contribution in [0.1, 0.15) is 52.7 Å². The standard InChI is InChI=1S/C33H34O3/c1-32(2,3)27-11-7-9-25(21-27)23-13-17-29(18-14-23)35-31(34)36-30-19-15-24(16-20-30)26-10-8-12-28(22-26)33(4,5)6/h7-22H,1-6H3. The van der Waals surface area contributed by atoms with Crippen LogP contribution in [0.4, 0.5) is 4.79 Å². The first kappa shape index (κ1) is 25.2. The number of carbonyl (C=O) groups is 1. The summed E-state index contributed by atoms with van der Waals surface area (Å²) < 4.78 is 10.8. The molecule has 3 heteroatoms. The summed E-state index contributed by atoms with van der Waals surface area (Å²) in [7, 11) is 0. The number of hydrogen-bond donors (Lipinski definition) is 0. The van der Waals surface area contributed by atoms with E-state index in [1.165, 1.54) is 11.1 Å². The lowest BCUT2D eigenvalue weighted by Crippen LogP contribution is -2.13. The summed E-state index contributed by atoms with van der Waals surface area (Å²) in [5.41, 5.74) is 7.10. The van der Waals surface area contributed by atoms with Crippen LogP contribution in [0, 0.1) is 0 Å². The van der Waals surface area contributed by atoms with Gasteiger partial charge < -0.3 is 9.47 Å². The van der Waals surface area contributed by atoms with E-state index >= 15 is 0 Å². The summed E-state index contributed by atoms with van der Waals surface area (Å²) in [6, 6.07) is 31.9. The third kappa shape index (κ3) is 6.23. The second kappa shape index (κ2) is 10.0. The monoisotopic (exact) mass is 478 g/mol. The Morgan fingerprint density at radius 2 is 0.861 bits per heavy atom. The molecule has 0 aliphatic carbocycles. The van der Waals surface area contributed by atoms with Gasteiger partial charge in [0.25, 0.3) is 0 Å². The molecule has 4 aromatic rings. The molecule has 0 N–H and O–H groups in total. The van der Waals surface area contributed by atoms with Crippen LogP contribution in [-0.2, 0) is 10.8 Å². The highest BCUT2D eigenvalue weighted by Crippen LogP contribution is 2.30. The van der Waals surface area contributed by atoms with E-state index < -0.39 is 6.16 Å². The minimum Gasteiger partial charge on any atom is -0.395 e. The molecule has 0 heterocycles. The molecule has 0 aromatic heterocycles. The Balaban J connectivity index is 1.39. The maximum Gasteiger partial charge on any atom is 0.519 e. The first-order chi connectivity index (χ1) is 17.0. The Kier molecular flexibility index (Phi) is 7.03.